The Labute approximate surface area is 90.9 Å². The van der Waals surface area contributed by atoms with Gasteiger partial charge in [-0.25, -0.2) is 0 Å². The van der Waals surface area contributed by atoms with Gasteiger partial charge in [0.2, 0.25) is 0 Å². The molecule has 1 rings (SSSR count). The van der Waals surface area contributed by atoms with Crippen molar-refractivity contribution in [2.45, 2.75) is 25.2 Å². The number of carbonyl (C=O) groups excluding carboxylic acids is 1. The number of hydrogen-bond donors (Lipinski definition) is 4. The average molecular weight is 231 g/mol. The van der Waals surface area contributed by atoms with Gasteiger partial charge in [-0.1, -0.05) is 5.16 Å². The van der Waals surface area contributed by atoms with Crippen molar-refractivity contribution in [1.29, 1.82) is 0 Å². The van der Waals surface area contributed by atoms with Gasteiger partial charge in [0.25, 0.3) is 0 Å². The first kappa shape index (κ1) is 12.8. The van der Waals surface area contributed by atoms with Gasteiger partial charge in [0.05, 0.1) is 6.61 Å². The minimum atomic E-state index is -1.61. The number of ketones is 1. The molecular weight excluding hydrogens is 218 g/mol. The normalized spacial score (nSPS) is 16.8. The molecule has 16 heavy (non-hydrogen) atoms. The van der Waals surface area contributed by atoms with Crippen molar-refractivity contribution in [2.24, 2.45) is 0 Å². The Morgan fingerprint density at radius 1 is 1.50 bits per heavy atom. The van der Waals surface area contributed by atoms with Crippen molar-refractivity contribution >= 4 is 5.78 Å². The van der Waals surface area contributed by atoms with E-state index >= 15 is 0 Å². The summed E-state index contributed by atoms with van der Waals surface area (Å²) in [5, 5.41) is 39.9. The molecule has 3 unspecified atom stereocenters. The van der Waals surface area contributed by atoms with Crippen LogP contribution in [0.25, 0.3) is 0 Å². The molecule has 1 aromatic rings. The standard InChI is InChI=1S/C9H13NO6/c1-4(12)5-2-7(16-10-5)9(15)8(14)6(13)3-11/h2,6,8-9,11,13-15H,3H2,1H3. The molecule has 0 aliphatic rings. The lowest BCUT2D eigenvalue weighted by Gasteiger charge is -2.18. The van der Waals surface area contributed by atoms with E-state index in [-0.39, 0.29) is 17.2 Å². The maximum atomic E-state index is 10.9. The van der Waals surface area contributed by atoms with E-state index in [1.807, 2.05) is 0 Å². The summed E-state index contributed by atoms with van der Waals surface area (Å²) >= 11 is 0. The van der Waals surface area contributed by atoms with Gasteiger partial charge in [-0.2, -0.15) is 0 Å². The monoisotopic (exact) mass is 231 g/mol. The highest BCUT2D eigenvalue weighted by Crippen LogP contribution is 2.20. The first-order chi connectivity index (χ1) is 7.47. The number of aromatic nitrogens is 1. The summed E-state index contributed by atoms with van der Waals surface area (Å²) in [6, 6.07) is 1.17. The van der Waals surface area contributed by atoms with Crippen molar-refractivity contribution < 1.29 is 29.7 Å². The van der Waals surface area contributed by atoms with E-state index in [2.05, 4.69) is 9.68 Å². The van der Waals surface area contributed by atoms with Crippen LogP contribution in [0.1, 0.15) is 29.3 Å². The van der Waals surface area contributed by atoms with Crippen LogP contribution in [0.2, 0.25) is 0 Å². The van der Waals surface area contributed by atoms with Crippen molar-refractivity contribution in [2.75, 3.05) is 6.61 Å². The van der Waals surface area contributed by atoms with E-state index in [1.54, 1.807) is 0 Å². The zero-order chi connectivity index (χ0) is 12.3. The van der Waals surface area contributed by atoms with E-state index in [4.69, 9.17) is 10.2 Å². The summed E-state index contributed by atoms with van der Waals surface area (Å²) in [5.41, 5.74) is 0.0136. The molecule has 0 radical (unpaired) electrons. The molecule has 3 atom stereocenters. The Hall–Kier alpha value is -1.28. The first-order valence-corrected chi connectivity index (χ1v) is 4.60. The fraction of sp³-hybridized carbons (Fsp3) is 0.556. The zero-order valence-corrected chi connectivity index (χ0v) is 8.57. The topological polar surface area (TPSA) is 124 Å². The fourth-order valence-electron chi connectivity index (χ4n) is 1.08. The molecule has 1 heterocycles. The van der Waals surface area contributed by atoms with Gasteiger partial charge in [0.15, 0.2) is 11.5 Å². The summed E-state index contributed by atoms with van der Waals surface area (Å²) in [6.07, 6.45) is -4.67. The van der Waals surface area contributed by atoms with Crippen LogP contribution >= 0.6 is 0 Å². The lowest BCUT2D eigenvalue weighted by atomic mass is 10.1. The lowest BCUT2D eigenvalue weighted by Crippen LogP contribution is -2.34. The molecule has 0 saturated carbocycles. The van der Waals surface area contributed by atoms with E-state index < -0.39 is 24.9 Å². The average Bonchev–Trinajstić information content (AvgIpc) is 2.75. The van der Waals surface area contributed by atoms with Crippen LogP contribution in [0.15, 0.2) is 10.6 Å². The second-order valence-electron chi connectivity index (χ2n) is 3.36. The number of carbonyl (C=O) groups is 1. The number of hydrogen-bond acceptors (Lipinski definition) is 7. The maximum absolute atomic E-state index is 10.9. The quantitative estimate of drug-likeness (QED) is 0.460. The summed E-state index contributed by atoms with van der Waals surface area (Å²) in [6.45, 7) is 0.568. The van der Waals surface area contributed by atoms with Crippen LogP contribution in [-0.2, 0) is 0 Å². The number of Topliss-reactive ketones (excluding diaryl/α,β-unsaturated/α-hetero) is 1. The molecule has 0 aromatic carbocycles. The summed E-state index contributed by atoms with van der Waals surface area (Å²) in [5.74, 6) is -0.496. The Morgan fingerprint density at radius 2 is 2.12 bits per heavy atom. The van der Waals surface area contributed by atoms with Crippen LogP contribution in [0.5, 0.6) is 0 Å². The second-order valence-corrected chi connectivity index (χ2v) is 3.36. The fourth-order valence-corrected chi connectivity index (χ4v) is 1.08. The van der Waals surface area contributed by atoms with Crippen LogP contribution in [0.4, 0.5) is 0 Å². The molecule has 0 aliphatic heterocycles. The Morgan fingerprint density at radius 3 is 2.56 bits per heavy atom. The van der Waals surface area contributed by atoms with Crippen molar-refractivity contribution in [1.82, 2.24) is 5.16 Å². The van der Waals surface area contributed by atoms with Gasteiger partial charge in [0, 0.05) is 13.0 Å². The third kappa shape index (κ3) is 2.64. The van der Waals surface area contributed by atoms with Crippen molar-refractivity contribution in [3.05, 3.63) is 17.5 Å². The van der Waals surface area contributed by atoms with E-state index in [0.29, 0.717) is 0 Å². The molecule has 0 spiro atoms. The van der Waals surface area contributed by atoms with E-state index in [0.717, 1.165) is 0 Å². The highest BCUT2D eigenvalue weighted by atomic mass is 16.5. The smallest absolute Gasteiger partial charge is 0.181 e. The van der Waals surface area contributed by atoms with Gasteiger partial charge in [0.1, 0.15) is 24.0 Å². The van der Waals surface area contributed by atoms with Crippen LogP contribution < -0.4 is 0 Å². The minimum Gasteiger partial charge on any atom is -0.394 e. The Kier molecular flexibility index (Phi) is 4.13. The number of rotatable bonds is 5. The molecule has 4 N–H and O–H groups in total. The summed E-state index contributed by atoms with van der Waals surface area (Å²) in [4.78, 5) is 10.9. The van der Waals surface area contributed by atoms with Gasteiger partial charge < -0.3 is 24.9 Å². The second kappa shape index (κ2) is 5.17. The predicted octanol–water partition coefficient (Wildman–Crippen LogP) is -1.38. The maximum Gasteiger partial charge on any atom is 0.181 e. The Balaban J connectivity index is 2.79. The third-order valence-corrected chi connectivity index (χ3v) is 2.09. The molecule has 0 fully saturated rings. The van der Waals surface area contributed by atoms with Crippen LogP contribution in [-0.4, -0.2) is 50.2 Å². The molecule has 7 nitrogen and oxygen atoms in total. The number of nitrogens with zero attached hydrogens (tertiary/aromatic N) is 1. The van der Waals surface area contributed by atoms with Gasteiger partial charge in [-0.3, -0.25) is 4.79 Å². The predicted molar refractivity (Wildman–Crippen MR) is 50.6 cm³/mol. The molecule has 7 heteroatoms. The van der Waals surface area contributed by atoms with Gasteiger partial charge >= 0.3 is 0 Å². The van der Waals surface area contributed by atoms with Gasteiger partial charge in [-0.05, 0) is 0 Å². The number of aliphatic hydroxyl groups is 4. The first-order valence-electron chi connectivity index (χ1n) is 4.60. The van der Waals surface area contributed by atoms with E-state index in [1.165, 1.54) is 13.0 Å². The molecule has 90 valence electrons. The van der Waals surface area contributed by atoms with E-state index in [9.17, 15) is 15.0 Å². The highest BCUT2D eigenvalue weighted by Gasteiger charge is 2.28. The highest BCUT2D eigenvalue weighted by molar-refractivity contribution is 5.91. The minimum absolute atomic E-state index is 0.0136. The summed E-state index contributed by atoms with van der Waals surface area (Å²) < 4.78 is 4.63. The molecule has 0 bridgehead atoms. The molecule has 1 aromatic heterocycles. The zero-order valence-electron chi connectivity index (χ0n) is 8.57. The van der Waals surface area contributed by atoms with Crippen molar-refractivity contribution in [3.63, 3.8) is 0 Å². The third-order valence-electron chi connectivity index (χ3n) is 2.09. The molecule has 0 aliphatic carbocycles. The van der Waals surface area contributed by atoms with Crippen molar-refractivity contribution in [3.8, 4) is 0 Å². The molecule has 0 saturated heterocycles. The van der Waals surface area contributed by atoms with Crippen LogP contribution in [0, 0.1) is 0 Å². The SMILES string of the molecule is CC(=O)c1cc(C(O)C(O)C(O)CO)on1. The summed E-state index contributed by atoms with van der Waals surface area (Å²) in [7, 11) is 0. The van der Waals surface area contributed by atoms with Crippen LogP contribution in [0.3, 0.4) is 0 Å². The number of aliphatic hydroxyl groups excluding tert-OH is 4. The van der Waals surface area contributed by atoms with Gasteiger partial charge in [-0.15, -0.1) is 0 Å². The molecular formula is C9H13NO6. The largest absolute Gasteiger partial charge is 0.394 e. The Bertz CT molecular complexity index is 363. The molecule has 0 amide bonds. The lowest BCUT2D eigenvalue weighted by molar-refractivity contribution is -0.0848.